The van der Waals surface area contributed by atoms with E-state index in [2.05, 4.69) is 5.32 Å². The zero-order chi connectivity index (χ0) is 19.9. The molecule has 5 heteroatoms. The van der Waals surface area contributed by atoms with Crippen molar-refractivity contribution in [3.63, 3.8) is 0 Å². The van der Waals surface area contributed by atoms with Gasteiger partial charge in [0.05, 0.1) is 19.3 Å². The number of ether oxygens (including phenoxy) is 1. The van der Waals surface area contributed by atoms with E-state index in [0.717, 1.165) is 5.56 Å². The maximum absolute atomic E-state index is 12.7. The summed E-state index contributed by atoms with van der Waals surface area (Å²) in [6.07, 6.45) is 2.53. The van der Waals surface area contributed by atoms with Gasteiger partial charge in [-0.05, 0) is 49.2 Å². The maximum atomic E-state index is 12.7. The number of benzene rings is 2. The molecule has 0 spiro atoms. The number of amides is 2. The summed E-state index contributed by atoms with van der Waals surface area (Å²) in [6.45, 7) is 5.67. The second-order valence-corrected chi connectivity index (χ2v) is 6.89. The van der Waals surface area contributed by atoms with E-state index >= 15 is 0 Å². The van der Waals surface area contributed by atoms with Crippen molar-refractivity contribution in [1.29, 1.82) is 0 Å². The summed E-state index contributed by atoms with van der Waals surface area (Å²) in [4.78, 5) is 27.1. The lowest BCUT2D eigenvalue weighted by atomic mass is 10.1. The van der Waals surface area contributed by atoms with Crippen LogP contribution in [-0.4, -0.2) is 42.5 Å². The lowest BCUT2D eigenvalue weighted by Crippen LogP contribution is -2.47. The minimum atomic E-state index is -0.132. The van der Waals surface area contributed by atoms with Gasteiger partial charge in [-0.1, -0.05) is 37.3 Å². The molecule has 0 aromatic heterocycles. The molecule has 0 aliphatic carbocycles. The molecule has 2 aromatic rings. The highest BCUT2D eigenvalue weighted by molar-refractivity contribution is 6.06. The van der Waals surface area contributed by atoms with E-state index in [0.29, 0.717) is 43.0 Å². The van der Waals surface area contributed by atoms with E-state index in [-0.39, 0.29) is 17.9 Å². The minimum absolute atomic E-state index is 0.00750. The average molecular weight is 378 g/mol. The Morgan fingerprint density at radius 2 is 1.86 bits per heavy atom. The molecule has 2 amide bonds. The predicted molar refractivity (Wildman–Crippen MR) is 111 cm³/mol. The summed E-state index contributed by atoms with van der Waals surface area (Å²) in [5.74, 6) is -0.140. The van der Waals surface area contributed by atoms with E-state index in [1.807, 2.05) is 55.2 Å². The number of rotatable bonds is 5. The number of hydrogen-bond donors (Lipinski definition) is 1. The van der Waals surface area contributed by atoms with Crippen LogP contribution in [0, 0.1) is 0 Å². The summed E-state index contributed by atoms with van der Waals surface area (Å²) in [5, 5.41) is 2.92. The van der Waals surface area contributed by atoms with E-state index in [1.54, 1.807) is 24.3 Å². The molecule has 1 unspecified atom stereocenters. The Hall–Kier alpha value is -2.92. The third-order valence-corrected chi connectivity index (χ3v) is 4.83. The van der Waals surface area contributed by atoms with Gasteiger partial charge in [0, 0.05) is 23.4 Å². The Labute approximate surface area is 166 Å². The quantitative estimate of drug-likeness (QED) is 0.801. The standard InChI is InChI=1S/C23H26N2O3/c1-3-19(15-18-7-5-4-6-8-18)22(26)24-21-11-9-20(10-12-21)23(27)25-13-14-28-16-17(25)2/h4-12,15,17H,3,13-14,16H2,1-2H3,(H,24,26)/b19-15+. The monoisotopic (exact) mass is 378 g/mol. The fourth-order valence-electron chi connectivity index (χ4n) is 3.18. The Morgan fingerprint density at radius 3 is 2.50 bits per heavy atom. The normalized spacial score (nSPS) is 17.3. The number of morpholine rings is 1. The van der Waals surface area contributed by atoms with Gasteiger partial charge in [-0.3, -0.25) is 9.59 Å². The third-order valence-electron chi connectivity index (χ3n) is 4.83. The smallest absolute Gasteiger partial charge is 0.254 e. The Kier molecular flexibility index (Phi) is 6.61. The minimum Gasteiger partial charge on any atom is -0.377 e. The lowest BCUT2D eigenvalue weighted by Gasteiger charge is -2.33. The number of carbonyl (C=O) groups is 2. The Morgan fingerprint density at radius 1 is 1.14 bits per heavy atom. The van der Waals surface area contributed by atoms with Crippen molar-refractivity contribution in [2.75, 3.05) is 25.1 Å². The van der Waals surface area contributed by atoms with Crippen LogP contribution in [0.4, 0.5) is 5.69 Å². The van der Waals surface area contributed by atoms with E-state index in [9.17, 15) is 9.59 Å². The molecule has 1 heterocycles. The van der Waals surface area contributed by atoms with Gasteiger partial charge in [0.2, 0.25) is 0 Å². The van der Waals surface area contributed by atoms with Crippen LogP contribution in [0.15, 0.2) is 60.2 Å². The SMILES string of the molecule is CC/C(=C\c1ccccc1)C(=O)Nc1ccc(C(=O)N2CCOCC2C)cc1. The first-order valence-electron chi connectivity index (χ1n) is 9.64. The van der Waals surface area contributed by atoms with Crippen molar-refractivity contribution in [3.8, 4) is 0 Å². The summed E-state index contributed by atoms with van der Waals surface area (Å²) >= 11 is 0. The van der Waals surface area contributed by atoms with E-state index < -0.39 is 0 Å². The van der Waals surface area contributed by atoms with Crippen LogP contribution >= 0.6 is 0 Å². The highest BCUT2D eigenvalue weighted by Gasteiger charge is 2.24. The van der Waals surface area contributed by atoms with Crippen LogP contribution in [0.25, 0.3) is 6.08 Å². The first-order chi connectivity index (χ1) is 13.6. The molecule has 2 aromatic carbocycles. The van der Waals surface area contributed by atoms with Gasteiger partial charge >= 0.3 is 0 Å². The average Bonchev–Trinajstić information content (AvgIpc) is 2.73. The Bertz CT molecular complexity index is 844. The molecule has 1 saturated heterocycles. The zero-order valence-corrected chi connectivity index (χ0v) is 16.4. The zero-order valence-electron chi connectivity index (χ0n) is 16.4. The van der Waals surface area contributed by atoms with Gasteiger partial charge in [-0.15, -0.1) is 0 Å². The molecule has 1 N–H and O–H groups in total. The van der Waals surface area contributed by atoms with E-state index in [4.69, 9.17) is 4.74 Å². The number of carbonyl (C=O) groups excluding carboxylic acids is 2. The molecule has 0 bridgehead atoms. The van der Waals surface area contributed by atoms with Gasteiger partial charge in [0.15, 0.2) is 0 Å². The van der Waals surface area contributed by atoms with Crippen molar-refractivity contribution in [2.45, 2.75) is 26.3 Å². The second-order valence-electron chi connectivity index (χ2n) is 6.89. The molecule has 1 aliphatic rings. The van der Waals surface area contributed by atoms with Crippen molar-refractivity contribution >= 4 is 23.6 Å². The summed E-state index contributed by atoms with van der Waals surface area (Å²) < 4.78 is 5.39. The molecule has 3 rings (SSSR count). The van der Waals surface area contributed by atoms with Gasteiger partial charge in [-0.25, -0.2) is 0 Å². The lowest BCUT2D eigenvalue weighted by molar-refractivity contribution is -0.112. The largest absolute Gasteiger partial charge is 0.377 e. The van der Waals surface area contributed by atoms with Crippen LogP contribution in [0.1, 0.15) is 36.2 Å². The summed E-state index contributed by atoms with van der Waals surface area (Å²) in [5.41, 5.74) is 2.98. The highest BCUT2D eigenvalue weighted by atomic mass is 16.5. The number of nitrogens with zero attached hydrogens (tertiary/aromatic N) is 1. The van der Waals surface area contributed by atoms with Crippen molar-refractivity contribution < 1.29 is 14.3 Å². The first kappa shape index (κ1) is 19.8. The Balaban J connectivity index is 1.67. The molecular weight excluding hydrogens is 352 g/mol. The van der Waals surface area contributed by atoms with Crippen LogP contribution in [-0.2, 0) is 9.53 Å². The number of anilines is 1. The van der Waals surface area contributed by atoms with Crippen LogP contribution in [0.2, 0.25) is 0 Å². The summed E-state index contributed by atoms with van der Waals surface area (Å²) in [7, 11) is 0. The van der Waals surface area contributed by atoms with Crippen LogP contribution < -0.4 is 5.32 Å². The molecule has 146 valence electrons. The van der Waals surface area contributed by atoms with Gasteiger partial charge in [0.1, 0.15) is 0 Å². The molecule has 28 heavy (non-hydrogen) atoms. The van der Waals surface area contributed by atoms with Crippen LogP contribution in [0.5, 0.6) is 0 Å². The van der Waals surface area contributed by atoms with Crippen molar-refractivity contribution in [1.82, 2.24) is 4.90 Å². The number of hydrogen-bond acceptors (Lipinski definition) is 3. The molecule has 0 saturated carbocycles. The molecule has 0 radical (unpaired) electrons. The topological polar surface area (TPSA) is 58.6 Å². The molecule has 1 atom stereocenters. The van der Waals surface area contributed by atoms with Gasteiger partial charge in [-0.2, -0.15) is 0 Å². The maximum Gasteiger partial charge on any atom is 0.254 e. The predicted octanol–water partition coefficient (Wildman–Crippen LogP) is 3.98. The third kappa shape index (κ3) is 4.87. The van der Waals surface area contributed by atoms with E-state index in [1.165, 1.54) is 0 Å². The fourth-order valence-corrected chi connectivity index (χ4v) is 3.18. The highest BCUT2D eigenvalue weighted by Crippen LogP contribution is 2.17. The van der Waals surface area contributed by atoms with Crippen molar-refractivity contribution in [2.24, 2.45) is 0 Å². The van der Waals surface area contributed by atoms with Gasteiger partial charge < -0.3 is 15.0 Å². The summed E-state index contributed by atoms with van der Waals surface area (Å²) in [6, 6.07) is 16.9. The molecule has 5 nitrogen and oxygen atoms in total. The van der Waals surface area contributed by atoms with Crippen LogP contribution in [0.3, 0.4) is 0 Å². The first-order valence-corrected chi connectivity index (χ1v) is 9.64. The molecular formula is C23H26N2O3. The number of nitrogens with one attached hydrogen (secondary N) is 1. The molecule has 1 fully saturated rings. The van der Waals surface area contributed by atoms with Crippen molar-refractivity contribution in [3.05, 3.63) is 71.3 Å². The molecule has 1 aliphatic heterocycles. The van der Waals surface area contributed by atoms with Gasteiger partial charge in [0.25, 0.3) is 11.8 Å². The second kappa shape index (κ2) is 9.33. The fraction of sp³-hybridized carbons (Fsp3) is 0.304.